The first-order valence-corrected chi connectivity index (χ1v) is 12.5. The smallest absolute Gasteiger partial charge is 0.373 e. The molecule has 1 saturated heterocycles. The fraction of sp³-hybridized carbons (Fsp3) is 1.00. The quantitative estimate of drug-likeness (QED) is 0.249. The Balaban J connectivity index is 1.82. The van der Waals surface area contributed by atoms with Crippen LogP contribution in [0.5, 0.6) is 0 Å². The highest BCUT2D eigenvalue weighted by atomic mass is 31.2. The van der Waals surface area contributed by atoms with Crippen LogP contribution in [-0.4, -0.2) is 41.8 Å². The Morgan fingerprint density at radius 1 is 0.778 bits per heavy atom. The molecule has 0 bridgehead atoms. The van der Waals surface area contributed by atoms with Gasteiger partial charge < -0.3 is 19.3 Å². The summed E-state index contributed by atoms with van der Waals surface area (Å²) < 4.78 is 26.4. The normalized spacial score (nSPS) is 20.9. The van der Waals surface area contributed by atoms with Crippen molar-refractivity contribution < 1.29 is 28.3 Å². The maximum Gasteiger partial charge on any atom is 0.469 e. The summed E-state index contributed by atoms with van der Waals surface area (Å²) in [5.74, 6) is 0. The predicted molar refractivity (Wildman–Crippen MR) is 108 cm³/mol. The van der Waals surface area contributed by atoms with Gasteiger partial charge in [0.1, 0.15) is 6.10 Å². The molecule has 0 spiro atoms. The summed E-state index contributed by atoms with van der Waals surface area (Å²) in [6, 6.07) is 0. The summed E-state index contributed by atoms with van der Waals surface area (Å²) in [6.45, 7) is 2.95. The highest BCUT2D eigenvalue weighted by Crippen LogP contribution is 2.36. The molecule has 1 fully saturated rings. The predicted octanol–water partition coefficient (Wildman–Crippen LogP) is 5.36. The van der Waals surface area contributed by atoms with Crippen LogP contribution in [-0.2, 0) is 18.6 Å². The van der Waals surface area contributed by atoms with Gasteiger partial charge >= 0.3 is 7.82 Å². The van der Waals surface area contributed by atoms with E-state index in [9.17, 15) is 4.57 Å². The van der Waals surface area contributed by atoms with Crippen molar-refractivity contribution in [3.8, 4) is 0 Å². The van der Waals surface area contributed by atoms with E-state index in [-0.39, 0.29) is 18.8 Å². The van der Waals surface area contributed by atoms with E-state index in [1.807, 2.05) is 0 Å². The van der Waals surface area contributed by atoms with Crippen molar-refractivity contribution in [1.82, 2.24) is 0 Å². The van der Waals surface area contributed by atoms with Crippen molar-refractivity contribution in [2.24, 2.45) is 0 Å². The summed E-state index contributed by atoms with van der Waals surface area (Å²) in [5, 5.41) is 0. The van der Waals surface area contributed by atoms with Crippen LogP contribution in [0.2, 0.25) is 0 Å². The zero-order valence-corrected chi connectivity index (χ0v) is 18.0. The van der Waals surface area contributed by atoms with Crippen LogP contribution in [0.25, 0.3) is 0 Å². The van der Waals surface area contributed by atoms with Crippen molar-refractivity contribution in [1.29, 1.82) is 0 Å². The largest absolute Gasteiger partial charge is 0.469 e. The van der Waals surface area contributed by atoms with Gasteiger partial charge in [0, 0.05) is 0 Å². The molecule has 0 aromatic carbocycles. The molecular weight excluding hydrogens is 367 g/mol. The van der Waals surface area contributed by atoms with Crippen LogP contribution in [0.3, 0.4) is 0 Å². The number of unbranched alkanes of at least 4 members (excludes halogenated alkanes) is 12. The van der Waals surface area contributed by atoms with Gasteiger partial charge in [0.05, 0.1) is 25.9 Å². The third-order valence-corrected chi connectivity index (χ3v) is 5.58. The Kier molecular flexibility index (Phi) is 14.8. The second-order valence-electron chi connectivity index (χ2n) is 7.73. The third kappa shape index (κ3) is 15.6. The molecule has 27 heavy (non-hydrogen) atoms. The maximum absolute atomic E-state index is 10.7. The topological polar surface area (TPSA) is 85.2 Å². The van der Waals surface area contributed by atoms with Crippen LogP contribution in [0, 0.1) is 0 Å². The lowest BCUT2D eigenvalue weighted by Crippen LogP contribution is -2.38. The van der Waals surface area contributed by atoms with Crippen molar-refractivity contribution in [2.45, 2.75) is 109 Å². The van der Waals surface area contributed by atoms with Gasteiger partial charge in [-0.1, -0.05) is 90.4 Å². The molecule has 1 aliphatic rings. The Bertz CT molecular complexity index is 379. The standard InChI is InChI=1S/C20H41O6P/c1-2-3-4-5-6-7-8-9-10-11-12-13-14-15-19-16-25-20(17-24-19)18-26-27(21,22)23/h19-20H,2-18H2,1H3,(H2,21,22,23)/t19-,20-/m0/s1. The SMILES string of the molecule is CCCCCCCCCCCCCCC[C@H]1CO[C@H](COP(=O)(O)O)CO1. The van der Waals surface area contributed by atoms with Crippen molar-refractivity contribution in [3.05, 3.63) is 0 Å². The average molecular weight is 409 g/mol. The molecule has 1 rings (SSSR count). The van der Waals surface area contributed by atoms with Gasteiger partial charge in [-0.15, -0.1) is 0 Å². The van der Waals surface area contributed by atoms with Crippen LogP contribution < -0.4 is 0 Å². The Morgan fingerprint density at radius 2 is 1.22 bits per heavy atom. The highest BCUT2D eigenvalue weighted by Gasteiger charge is 2.25. The Labute approximate surface area is 165 Å². The molecule has 162 valence electrons. The van der Waals surface area contributed by atoms with Crippen molar-refractivity contribution >= 4 is 7.82 Å². The number of phosphoric acid groups is 1. The van der Waals surface area contributed by atoms with E-state index in [4.69, 9.17) is 19.3 Å². The van der Waals surface area contributed by atoms with Crippen LogP contribution in [0.1, 0.15) is 96.8 Å². The first-order valence-electron chi connectivity index (χ1n) is 10.9. The summed E-state index contributed by atoms with van der Waals surface area (Å²) in [7, 11) is -4.43. The van der Waals surface area contributed by atoms with E-state index in [1.54, 1.807) is 0 Å². The van der Waals surface area contributed by atoms with E-state index in [1.165, 1.54) is 77.0 Å². The minimum absolute atomic E-state index is 0.101. The lowest BCUT2D eigenvalue weighted by atomic mass is 10.0. The number of hydrogen-bond donors (Lipinski definition) is 2. The molecule has 1 aliphatic heterocycles. The highest BCUT2D eigenvalue weighted by molar-refractivity contribution is 7.46. The molecule has 0 unspecified atom stereocenters. The van der Waals surface area contributed by atoms with Gasteiger partial charge in [-0.05, 0) is 6.42 Å². The number of phosphoric ester groups is 1. The Hall–Kier alpha value is 0.0300. The van der Waals surface area contributed by atoms with Crippen LogP contribution >= 0.6 is 7.82 Å². The van der Waals surface area contributed by atoms with Gasteiger partial charge in [-0.3, -0.25) is 4.52 Å². The van der Waals surface area contributed by atoms with E-state index in [2.05, 4.69) is 11.4 Å². The third-order valence-electron chi connectivity index (χ3n) is 5.09. The maximum atomic E-state index is 10.7. The van der Waals surface area contributed by atoms with Gasteiger partial charge in [0.2, 0.25) is 0 Å². The molecule has 0 radical (unpaired) electrons. The Morgan fingerprint density at radius 3 is 1.67 bits per heavy atom. The summed E-state index contributed by atoms with van der Waals surface area (Å²) >= 11 is 0. The molecule has 0 saturated carbocycles. The fourth-order valence-corrected chi connectivity index (χ4v) is 3.78. The molecule has 0 aromatic heterocycles. The molecular formula is C20H41O6P. The fourth-order valence-electron chi connectivity index (χ4n) is 3.42. The van der Waals surface area contributed by atoms with Crippen molar-refractivity contribution in [3.63, 3.8) is 0 Å². The zero-order chi connectivity index (χ0) is 19.8. The first kappa shape index (κ1) is 25.1. The van der Waals surface area contributed by atoms with E-state index >= 15 is 0 Å². The lowest BCUT2D eigenvalue weighted by molar-refractivity contribution is -0.145. The van der Waals surface area contributed by atoms with E-state index in [0.29, 0.717) is 13.2 Å². The molecule has 2 atom stereocenters. The molecule has 7 heteroatoms. The van der Waals surface area contributed by atoms with E-state index in [0.717, 1.165) is 12.8 Å². The molecule has 2 N–H and O–H groups in total. The van der Waals surface area contributed by atoms with Crippen LogP contribution in [0.15, 0.2) is 0 Å². The van der Waals surface area contributed by atoms with Gasteiger partial charge in [-0.2, -0.15) is 0 Å². The molecule has 6 nitrogen and oxygen atoms in total. The monoisotopic (exact) mass is 408 g/mol. The molecule has 0 aromatic rings. The van der Waals surface area contributed by atoms with Gasteiger partial charge in [0.25, 0.3) is 0 Å². The minimum atomic E-state index is -4.43. The molecule has 0 amide bonds. The summed E-state index contributed by atoms with van der Waals surface area (Å²) in [4.78, 5) is 17.4. The second kappa shape index (κ2) is 15.9. The number of ether oxygens (including phenoxy) is 2. The minimum Gasteiger partial charge on any atom is -0.373 e. The van der Waals surface area contributed by atoms with E-state index < -0.39 is 7.82 Å². The lowest BCUT2D eigenvalue weighted by Gasteiger charge is -2.29. The molecule has 0 aliphatic carbocycles. The number of hydrogen-bond acceptors (Lipinski definition) is 4. The average Bonchev–Trinajstić information content (AvgIpc) is 2.64. The summed E-state index contributed by atoms with van der Waals surface area (Å²) in [6.07, 6.45) is 18.2. The summed E-state index contributed by atoms with van der Waals surface area (Å²) in [5.41, 5.74) is 0. The first-order chi connectivity index (χ1) is 13.0. The second-order valence-corrected chi connectivity index (χ2v) is 8.97. The van der Waals surface area contributed by atoms with Gasteiger partial charge in [0.15, 0.2) is 0 Å². The number of rotatable bonds is 17. The van der Waals surface area contributed by atoms with Gasteiger partial charge in [-0.25, -0.2) is 4.57 Å². The molecule has 1 heterocycles. The van der Waals surface area contributed by atoms with Crippen molar-refractivity contribution in [2.75, 3.05) is 19.8 Å². The zero-order valence-electron chi connectivity index (χ0n) is 17.2. The van der Waals surface area contributed by atoms with Crippen LogP contribution in [0.4, 0.5) is 0 Å².